The van der Waals surface area contributed by atoms with Gasteiger partial charge in [0.1, 0.15) is 0 Å². The Hall–Kier alpha value is -1.88. The van der Waals surface area contributed by atoms with Crippen LogP contribution in [0.3, 0.4) is 0 Å². The summed E-state index contributed by atoms with van der Waals surface area (Å²) in [6.45, 7) is 14.6. The minimum absolute atomic E-state index is 0.0548. The van der Waals surface area contributed by atoms with Crippen LogP contribution < -0.4 is 0 Å². The Bertz CT molecular complexity index is 703. The van der Waals surface area contributed by atoms with E-state index in [0.717, 1.165) is 74.7 Å². The van der Waals surface area contributed by atoms with Crippen molar-refractivity contribution in [3.8, 4) is 0 Å². The summed E-state index contributed by atoms with van der Waals surface area (Å²) in [5.41, 5.74) is 2.95. The number of piperazine rings is 1. The van der Waals surface area contributed by atoms with Gasteiger partial charge in [-0.3, -0.25) is 14.5 Å². The first-order valence-electron chi connectivity index (χ1n) is 11.2. The van der Waals surface area contributed by atoms with Crippen molar-refractivity contribution < 1.29 is 9.59 Å². The maximum absolute atomic E-state index is 13.1. The molecule has 2 saturated heterocycles. The summed E-state index contributed by atoms with van der Waals surface area (Å²) in [4.78, 5) is 32.5. The Kier molecular flexibility index (Phi) is 7.33. The van der Waals surface area contributed by atoms with Crippen LogP contribution in [0.5, 0.6) is 0 Å². The predicted octanol–water partition coefficient (Wildman–Crippen LogP) is 3.35. The van der Waals surface area contributed by atoms with Crippen LogP contribution in [0.2, 0.25) is 0 Å². The highest BCUT2D eigenvalue weighted by Crippen LogP contribution is 2.22. The molecule has 5 nitrogen and oxygen atoms in total. The summed E-state index contributed by atoms with van der Waals surface area (Å²) < 4.78 is 0. The second-order valence-corrected chi connectivity index (χ2v) is 9.32. The number of benzene rings is 1. The van der Waals surface area contributed by atoms with Gasteiger partial charge in [-0.15, -0.1) is 0 Å². The lowest BCUT2D eigenvalue weighted by Gasteiger charge is -2.39. The number of hydrogen-bond acceptors (Lipinski definition) is 3. The molecule has 2 heterocycles. The highest BCUT2D eigenvalue weighted by molar-refractivity contribution is 5.95. The average molecular weight is 400 g/mol. The lowest BCUT2D eigenvalue weighted by Crippen LogP contribution is -2.53. The number of rotatable bonds is 5. The van der Waals surface area contributed by atoms with Crippen molar-refractivity contribution in [2.75, 3.05) is 45.8 Å². The van der Waals surface area contributed by atoms with E-state index in [1.54, 1.807) is 0 Å². The molecule has 2 aliphatic heterocycles. The minimum Gasteiger partial charge on any atom is -0.340 e. The van der Waals surface area contributed by atoms with Crippen LogP contribution in [-0.4, -0.2) is 72.3 Å². The van der Waals surface area contributed by atoms with Crippen LogP contribution in [0, 0.1) is 25.7 Å². The van der Waals surface area contributed by atoms with Crippen LogP contribution >= 0.6 is 0 Å². The number of amides is 2. The highest BCUT2D eigenvalue weighted by Gasteiger charge is 2.32. The number of carbonyl (C=O) groups is 2. The Morgan fingerprint density at radius 1 is 0.966 bits per heavy atom. The lowest BCUT2D eigenvalue weighted by atomic mass is 9.95. The van der Waals surface area contributed by atoms with E-state index in [4.69, 9.17) is 0 Å². The van der Waals surface area contributed by atoms with Crippen LogP contribution in [0.15, 0.2) is 18.2 Å². The van der Waals surface area contributed by atoms with Crippen molar-refractivity contribution in [2.45, 2.75) is 47.0 Å². The summed E-state index contributed by atoms with van der Waals surface area (Å²) in [5.74, 6) is 0.970. The molecule has 0 aromatic heterocycles. The SMILES string of the molecule is Cc1cc(C)cc(C(=O)N2CCCC(C(=O)N3CCN(CCC(C)C)CC3)C2)c1. The molecule has 0 N–H and O–H groups in total. The fourth-order valence-corrected chi connectivity index (χ4v) is 4.53. The molecule has 2 fully saturated rings. The Morgan fingerprint density at radius 2 is 1.62 bits per heavy atom. The Balaban J connectivity index is 1.55. The number of aryl methyl sites for hydroxylation is 2. The number of piperidine rings is 1. The predicted molar refractivity (Wildman–Crippen MR) is 117 cm³/mol. The first-order valence-corrected chi connectivity index (χ1v) is 11.2. The molecule has 5 heteroatoms. The second kappa shape index (κ2) is 9.75. The topological polar surface area (TPSA) is 43.9 Å². The smallest absolute Gasteiger partial charge is 0.253 e. The summed E-state index contributed by atoms with van der Waals surface area (Å²) in [6, 6.07) is 5.99. The molecule has 1 aromatic rings. The fraction of sp³-hybridized carbons (Fsp3) is 0.667. The largest absolute Gasteiger partial charge is 0.340 e. The zero-order chi connectivity index (χ0) is 21.0. The van der Waals surface area contributed by atoms with Gasteiger partial charge in [0.2, 0.25) is 5.91 Å². The third-order valence-electron chi connectivity index (χ3n) is 6.23. The van der Waals surface area contributed by atoms with Gasteiger partial charge >= 0.3 is 0 Å². The molecular formula is C24H37N3O2. The summed E-state index contributed by atoms with van der Waals surface area (Å²) >= 11 is 0. The first kappa shape index (κ1) is 21.8. The van der Waals surface area contributed by atoms with Gasteiger partial charge in [0.05, 0.1) is 5.92 Å². The van der Waals surface area contributed by atoms with E-state index in [-0.39, 0.29) is 17.7 Å². The third-order valence-corrected chi connectivity index (χ3v) is 6.23. The average Bonchev–Trinajstić information content (AvgIpc) is 2.71. The second-order valence-electron chi connectivity index (χ2n) is 9.32. The van der Waals surface area contributed by atoms with Crippen molar-refractivity contribution in [1.82, 2.24) is 14.7 Å². The van der Waals surface area contributed by atoms with Gasteiger partial charge in [-0.25, -0.2) is 0 Å². The lowest BCUT2D eigenvalue weighted by molar-refractivity contribution is -0.138. The molecule has 1 atom stereocenters. The zero-order valence-corrected chi connectivity index (χ0v) is 18.6. The van der Waals surface area contributed by atoms with Crippen LogP contribution in [-0.2, 0) is 4.79 Å². The molecule has 0 aliphatic carbocycles. The Morgan fingerprint density at radius 3 is 2.24 bits per heavy atom. The molecule has 0 saturated carbocycles. The van der Waals surface area contributed by atoms with Crippen LogP contribution in [0.25, 0.3) is 0 Å². The van der Waals surface area contributed by atoms with Crippen molar-refractivity contribution >= 4 is 11.8 Å². The number of likely N-dealkylation sites (tertiary alicyclic amines) is 1. The molecule has 2 amide bonds. The van der Waals surface area contributed by atoms with E-state index in [9.17, 15) is 9.59 Å². The van der Waals surface area contributed by atoms with E-state index >= 15 is 0 Å². The summed E-state index contributed by atoms with van der Waals surface area (Å²) in [6.07, 6.45) is 3.01. The third kappa shape index (κ3) is 5.81. The number of carbonyl (C=O) groups excluding carboxylic acids is 2. The fourth-order valence-electron chi connectivity index (χ4n) is 4.53. The van der Waals surface area contributed by atoms with Gasteiger partial charge in [0.25, 0.3) is 5.91 Å². The van der Waals surface area contributed by atoms with Gasteiger partial charge in [-0.1, -0.05) is 31.0 Å². The number of nitrogens with zero attached hydrogens (tertiary/aromatic N) is 3. The monoisotopic (exact) mass is 399 g/mol. The van der Waals surface area contributed by atoms with Gasteiger partial charge in [0.15, 0.2) is 0 Å². The molecule has 160 valence electrons. The standard InChI is InChI=1S/C24H37N3O2/c1-18(2)7-9-25-10-12-26(13-11-25)23(28)21-6-5-8-27(17-21)24(29)22-15-19(3)14-20(4)16-22/h14-16,18,21H,5-13,17H2,1-4H3. The number of hydrogen-bond donors (Lipinski definition) is 0. The Labute approximate surface area is 176 Å². The summed E-state index contributed by atoms with van der Waals surface area (Å²) in [5, 5.41) is 0. The molecule has 29 heavy (non-hydrogen) atoms. The maximum Gasteiger partial charge on any atom is 0.253 e. The van der Waals surface area contributed by atoms with Gasteiger partial charge < -0.3 is 9.80 Å². The van der Waals surface area contributed by atoms with Crippen molar-refractivity contribution in [3.05, 3.63) is 34.9 Å². The first-order chi connectivity index (χ1) is 13.8. The van der Waals surface area contributed by atoms with Gasteiger partial charge in [-0.05, 0) is 57.7 Å². The van der Waals surface area contributed by atoms with Gasteiger partial charge in [0, 0.05) is 44.8 Å². The van der Waals surface area contributed by atoms with Crippen molar-refractivity contribution in [2.24, 2.45) is 11.8 Å². The molecule has 1 unspecified atom stereocenters. The van der Waals surface area contributed by atoms with E-state index in [0.29, 0.717) is 6.54 Å². The molecule has 0 spiro atoms. The molecular weight excluding hydrogens is 362 g/mol. The van der Waals surface area contributed by atoms with Crippen molar-refractivity contribution in [3.63, 3.8) is 0 Å². The quantitative estimate of drug-likeness (QED) is 0.763. The highest BCUT2D eigenvalue weighted by atomic mass is 16.2. The van der Waals surface area contributed by atoms with Gasteiger partial charge in [-0.2, -0.15) is 0 Å². The molecule has 0 bridgehead atoms. The summed E-state index contributed by atoms with van der Waals surface area (Å²) in [7, 11) is 0. The normalized spacial score (nSPS) is 20.9. The van der Waals surface area contributed by atoms with E-state index in [2.05, 4.69) is 24.8 Å². The van der Waals surface area contributed by atoms with Crippen LogP contribution in [0.4, 0.5) is 0 Å². The maximum atomic E-state index is 13.1. The van der Waals surface area contributed by atoms with E-state index in [1.807, 2.05) is 35.8 Å². The van der Waals surface area contributed by atoms with Crippen LogP contribution in [0.1, 0.15) is 54.6 Å². The molecule has 0 radical (unpaired) electrons. The van der Waals surface area contributed by atoms with E-state index < -0.39 is 0 Å². The molecule has 2 aliphatic rings. The molecule has 3 rings (SSSR count). The van der Waals surface area contributed by atoms with Crippen molar-refractivity contribution in [1.29, 1.82) is 0 Å². The minimum atomic E-state index is -0.0548. The molecule has 1 aromatic carbocycles. The zero-order valence-electron chi connectivity index (χ0n) is 18.6. The van der Waals surface area contributed by atoms with E-state index in [1.165, 1.54) is 6.42 Å².